The van der Waals surface area contributed by atoms with E-state index in [1.54, 1.807) is 20.9 Å². The van der Waals surface area contributed by atoms with Crippen LogP contribution in [0.1, 0.15) is 20.8 Å². The van der Waals surface area contributed by atoms with Crippen LogP contribution < -0.4 is 11.3 Å². The summed E-state index contributed by atoms with van der Waals surface area (Å²) in [7, 11) is 1.65. The second kappa shape index (κ2) is 22.7. The van der Waals surface area contributed by atoms with Crippen LogP contribution in [0.3, 0.4) is 0 Å². The van der Waals surface area contributed by atoms with Crippen molar-refractivity contribution in [3.05, 3.63) is 23.4 Å². The Labute approximate surface area is 86.4 Å². The molecule has 0 aromatic rings. The van der Waals surface area contributed by atoms with Crippen LogP contribution in [0.5, 0.6) is 0 Å². The van der Waals surface area contributed by atoms with E-state index in [-0.39, 0.29) is 6.61 Å². The predicted molar refractivity (Wildman–Crippen MR) is 58.0 cm³/mol. The Kier molecular flexibility index (Phi) is 30.2. The number of nitrogens with one attached hydrogen (secondary N) is 1. The molecule has 0 aliphatic rings. The maximum atomic E-state index is 7.57. The molecule has 0 bridgehead atoms. The van der Waals surface area contributed by atoms with Crippen molar-refractivity contribution in [1.82, 2.24) is 5.43 Å². The molecule has 0 amide bonds. The predicted octanol–water partition coefficient (Wildman–Crippen LogP) is 0.882. The van der Waals surface area contributed by atoms with Gasteiger partial charge in [-0.1, -0.05) is 0 Å². The summed E-state index contributed by atoms with van der Waals surface area (Å²) in [6.07, 6.45) is 1.47. The van der Waals surface area contributed by atoms with Crippen molar-refractivity contribution in [1.29, 1.82) is 0 Å². The van der Waals surface area contributed by atoms with Gasteiger partial charge < -0.3 is 9.84 Å². The van der Waals surface area contributed by atoms with Gasteiger partial charge in [-0.3, -0.25) is 11.3 Å². The molecule has 0 aliphatic carbocycles. The summed E-state index contributed by atoms with van der Waals surface area (Å²) >= 11 is 0. The maximum absolute atomic E-state index is 7.57. The van der Waals surface area contributed by atoms with Gasteiger partial charge in [0.2, 0.25) is 0 Å². The van der Waals surface area contributed by atoms with Gasteiger partial charge in [-0.2, -0.15) is 0 Å². The summed E-state index contributed by atoms with van der Waals surface area (Å²) in [4.78, 5) is 3.11. The lowest BCUT2D eigenvalue weighted by molar-refractivity contribution is 0.267. The molecular formula is C9H21N3O2. The first-order valence-electron chi connectivity index (χ1n) is 4.28. The molecule has 0 unspecified atom stereocenters. The highest BCUT2D eigenvalue weighted by Gasteiger charge is 1.79. The SMILES string of the molecule is CCO.CNN.[C-]#[N+]/C(C)=C/OCC. The van der Waals surface area contributed by atoms with Gasteiger partial charge in [0.15, 0.2) is 5.70 Å². The number of hydrogen-bond donors (Lipinski definition) is 3. The lowest BCUT2D eigenvalue weighted by Gasteiger charge is -1.90. The summed E-state index contributed by atoms with van der Waals surface area (Å²) in [5.41, 5.74) is 2.84. The van der Waals surface area contributed by atoms with Crippen LogP contribution in [0.15, 0.2) is 12.0 Å². The van der Waals surface area contributed by atoms with E-state index < -0.39 is 0 Å². The Bertz CT molecular complexity index is 151. The average Bonchev–Trinajstić information content (AvgIpc) is 2.16. The molecule has 5 heteroatoms. The van der Waals surface area contributed by atoms with Crippen molar-refractivity contribution in [2.24, 2.45) is 5.84 Å². The zero-order valence-electron chi connectivity index (χ0n) is 9.37. The first-order valence-corrected chi connectivity index (χ1v) is 4.28. The number of aliphatic hydroxyl groups is 1. The molecule has 0 aromatic carbocycles. The summed E-state index contributed by atoms with van der Waals surface area (Å²) in [5, 5.41) is 7.57. The number of rotatable bonds is 2. The Morgan fingerprint density at radius 2 is 2.00 bits per heavy atom. The van der Waals surface area contributed by atoms with Crippen molar-refractivity contribution >= 4 is 0 Å². The molecule has 0 atom stereocenters. The van der Waals surface area contributed by atoms with Gasteiger partial charge in [-0.25, -0.2) is 4.85 Å². The molecule has 4 N–H and O–H groups in total. The maximum Gasteiger partial charge on any atom is 0.196 e. The Morgan fingerprint density at radius 1 is 1.64 bits per heavy atom. The largest absolute Gasteiger partial charge is 0.513 e. The fraction of sp³-hybridized carbons (Fsp3) is 0.667. The fourth-order valence-corrected chi connectivity index (χ4v) is 0.230. The van der Waals surface area contributed by atoms with Gasteiger partial charge in [0.05, 0.1) is 19.4 Å². The van der Waals surface area contributed by atoms with Gasteiger partial charge in [-0.05, 0) is 27.8 Å². The lowest BCUT2D eigenvalue weighted by Crippen LogP contribution is -2.13. The first kappa shape index (κ1) is 18.6. The van der Waals surface area contributed by atoms with Gasteiger partial charge in [0.1, 0.15) is 0 Å². The van der Waals surface area contributed by atoms with Gasteiger partial charge in [-0.15, -0.1) is 0 Å². The molecule has 0 rings (SSSR count). The van der Waals surface area contributed by atoms with Crippen LogP contribution in [0.2, 0.25) is 0 Å². The van der Waals surface area contributed by atoms with Crippen molar-refractivity contribution < 1.29 is 9.84 Å². The minimum Gasteiger partial charge on any atom is -0.513 e. The van der Waals surface area contributed by atoms with Crippen molar-refractivity contribution in [3.63, 3.8) is 0 Å². The van der Waals surface area contributed by atoms with Gasteiger partial charge >= 0.3 is 0 Å². The van der Waals surface area contributed by atoms with E-state index in [9.17, 15) is 0 Å². The third-order valence-electron chi connectivity index (χ3n) is 0.597. The molecule has 0 fully saturated rings. The van der Waals surface area contributed by atoms with Crippen LogP contribution in [-0.2, 0) is 4.74 Å². The summed E-state index contributed by atoms with van der Waals surface area (Å²) < 4.78 is 4.81. The number of nitrogens with two attached hydrogens (primary N) is 1. The number of hydrazine groups is 1. The van der Waals surface area contributed by atoms with Crippen LogP contribution in [-0.4, -0.2) is 25.4 Å². The Hall–Kier alpha value is -1.09. The summed E-state index contributed by atoms with van der Waals surface area (Å²) in [6, 6.07) is 0. The van der Waals surface area contributed by atoms with Crippen molar-refractivity contribution in [2.45, 2.75) is 20.8 Å². The smallest absolute Gasteiger partial charge is 0.196 e. The number of nitrogens with zero attached hydrogens (tertiary/aromatic N) is 1. The van der Waals surface area contributed by atoms with Gasteiger partial charge in [0.25, 0.3) is 0 Å². The highest BCUT2D eigenvalue weighted by molar-refractivity contribution is 5.01. The fourth-order valence-electron chi connectivity index (χ4n) is 0.230. The van der Waals surface area contributed by atoms with E-state index in [0.29, 0.717) is 12.3 Å². The third kappa shape index (κ3) is 44.4. The van der Waals surface area contributed by atoms with Crippen LogP contribution in [0.25, 0.3) is 4.85 Å². The van der Waals surface area contributed by atoms with E-state index in [1.165, 1.54) is 6.26 Å². The minimum absolute atomic E-state index is 0.250. The highest BCUT2D eigenvalue weighted by atomic mass is 16.5. The third-order valence-corrected chi connectivity index (χ3v) is 0.597. The molecule has 0 heterocycles. The highest BCUT2D eigenvalue weighted by Crippen LogP contribution is 1.92. The molecule has 84 valence electrons. The molecular weight excluding hydrogens is 182 g/mol. The molecule has 14 heavy (non-hydrogen) atoms. The van der Waals surface area contributed by atoms with E-state index in [4.69, 9.17) is 16.4 Å². The first-order chi connectivity index (χ1) is 6.64. The van der Waals surface area contributed by atoms with Crippen molar-refractivity contribution in [2.75, 3.05) is 20.3 Å². The molecule has 0 spiro atoms. The number of aliphatic hydroxyl groups excluding tert-OH is 1. The van der Waals surface area contributed by atoms with Gasteiger partial charge in [0, 0.05) is 6.61 Å². The zero-order valence-corrected chi connectivity index (χ0v) is 9.37. The van der Waals surface area contributed by atoms with E-state index in [1.807, 2.05) is 6.92 Å². The van der Waals surface area contributed by atoms with Crippen LogP contribution in [0.4, 0.5) is 0 Å². The van der Waals surface area contributed by atoms with E-state index in [2.05, 4.69) is 16.1 Å². The molecule has 0 saturated carbocycles. The summed E-state index contributed by atoms with van der Waals surface area (Å²) in [5.74, 6) is 4.60. The molecule has 0 aromatic heterocycles. The normalized spacial score (nSPS) is 8.50. The molecule has 0 radical (unpaired) electrons. The molecule has 5 nitrogen and oxygen atoms in total. The lowest BCUT2D eigenvalue weighted by atomic mass is 10.6. The topological polar surface area (TPSA) is 71.9 Å². The van der Waals surface area contributed by atoms with E-state index >= 15 is 0 Å². The Balaban J connectivity index is -0.000000168. The van der Waals surface area contributed by atoms with Crippen LogP contribution >= 0.6 is 0 Å². The number of hydrogen-bond acceptors (Lipinski definition) is 4. The average molecular weight is 203 g/mol. The summed E-state index contributed by atoms with van der Waals surface area (Å²) in [6.45, 7) is 12.6. The van der Waals surface area contributed by atoms with E-state index in [0.717, 1.165) is 0 Å². The van der Waals surface area contributed by atoms with Crippen LogP contribution in [0, 0.1) is 6.57 Å². The molecule has 0 saturated heterocycles. The number of allylic oxidation sites excluding steroid dienone is 1. The second-order valence-corrected chi connectivity index (χ2v) is 1.93. The number of ether oxygens (including phenoxy) is 1. The second-order valence-electron chi connectivity index (χ2n) is 1.93. The Morgan fingerprint density at radius 3 is 2.21 bits per heavy atom. The monoisotopic (exact) mass is 203 g/mol. The zero-order chi connectivity index (χ0) is 11.8. The van der Waals surface area contributed by atoms with Crippen molar-refractivity contribution in [3.8, 4) is 0 Å². The quantitative estimate of drug-likeness (QED) is 0.270. The minimum atomic E-state index is 0.250. The molecule has 0 aliphatic heterocycles. The standard InChI is InChI=1S/C6H9NO.C2H6O.CH6N2/c1-4-8-5-6(2)7-3;1-2-3;1-3-2/h5H,4H2,1-2H3;2*3H,2H2,1H3/b6-5+;;.